The zero-order valence-electron chi connectivity index (χ0n) is 34.8. The van der Waals surface area contributed by atoms with Crippen molar-refractivity contribution in [2.75, 3.05) is 0 Å². The first kappa shape index (κ1) is 42.2. The van der Waals surface area contributed by atoms with Crippen LogP contribution >= 0.6 is 0 Å². The highest BCUT2D eigenvalue weighted by atomic mass is 19.4. The summed E-state index contributed by atoms with van der Waals surface area (Å²) in [4.78, 5) is 0. The van der Waals surface area contributed by atoms with Crippen LogP contribution in [-0.2, 0) is 18.5 Å². The van der Waals surface area contributed by atoms with Gasteiger partial charge in [0.25, 0.3) is 0 Å². The third-order valence-corrected chi connectivity index (χ3v) is 12.2. The SMILES string of the molecule is Cc1ccc(-c2ccc3c4ccccc4n(-c4cc(C(F)(F)F)cc(-n5c6ccccc6c6ccc(-c7ccc(C(F)(F)F)cc7C(F)(F)F)cc65)c4-c4cccc(C#N)c4)c3c2)c(C)c1. The summed E-state index contributed by atoms with van der Waals surface area (Å²) in [7, 11) is 0. The van der Waals surface area contributed by atoms with Crippen molar-refractivity contribution in [2.24, 2.45) is 0 Å². The fraction of sp³-hybridized carbons (Fsp3) is 0.0926. The van der Waals surface area contributed by atoms with Gasteiger partial charge >= 0.3 is 18.5 Å². The molecule has 8 aromatic carbocycles. The smallest absolute Gasteiger partial charge is 0.309 e. The summed E-state index contributed by atoms with van der Waals surface area (Å²) in [6.45, 7) is 3.97. The van der Waals surface area contributed by atoms with Gasteiger partial charge in [0.15, 0.2) is 0 Å². The Hall–Kier alpha value is -7.78. The van der Waals surface area contributed by atoms with Crippen LogP contribution in [0, 0.1) is 25.2 Å². The second-order valence-corrected chi connectivity index (χ2v) is 16.3. The van der Waals surface area contributed by atoms with Crippen LogP contribution in [0.4, 0.5) is 39.5 Å². The molecule has 0 amide bonds. The number of hydrogen-bond donors (Lipinski definition) is 0. The Labute approximate surface area is 370 Å². The Balaban J connectivity index is 1.36. The number of para-hydroxylation sites is 2. The lowest BCUT2D eigenvalue weighted by Crippen LogP contribution is -2.12. The highest BCUT2D eigenvalue weighted by Crippen LogP contribution is 2.47. The largest absolute Gasteiger partial charge is 0.417 e. The molecule has 2 aromatic heterocycles. The summed E-state index contributed by atoms with van der Waals surface area (Å²) < 4.78 is 135. The number of fused-ring (bicyclic) bond motifs is 6. The quantitative estimate of drug-likeness (QED) is 0.159. The predicted molar refractivity (Wildman–Crippen MR) is 241 cm³/mol. The van der Waals surface area contributed by atoms with Crippen molar-refractivity contribution in [3.63, 3.8) is 0 Å². The minimum absolute atomic E-state index is 0.0156. The van der Waals surface area contributed by atoms with Gasteiger partial charge in [0, 0.05) is 27.1 Å². The molecule has 0 bridgehead atoms. The van der Waals surface area contributed by atoms with Gasteiger partial charge in [0.2, 0.25) is 0 Å². The van der Waals surface area contributed by atoms with Crippen LogP contribution < -0.4 is 0 Å². The molecule has 0 aliphatic rings. The molecule has 66 heavy (non-hydrogen) atoms. The number of halogens is 9. The Kier molecular flexibility index (Phi) is 9.69. The molecule has 0 fully saturated rings. The van der Waals surface area contributed by atoms with Crippen LogP contribution in [-0.4, -0.2) is 9.13 Å². The predicted octanol–water partition coefficient (Wildman–Crippen LogP) is 16.4. The summed E-state index contributed by atoms with van der Waals surface area (Å²) in [6.07, 6.45) is -15.2. The van der Waals surface area contributed by atoms with E-state index < -0.39 is 40.8 Å². The van der Waals surface area contributed by atoms with Crippen molar-refractivity contribution in [3.8, 4) is 50.8 Å². The van der Waals surface area contributed by atoms with Gasteiger partial charge in [-0.25, -0.2) is 0 Å². The minimum atomic E-state index is -5.20. The molecule has 12 heteroatoms. The van der Waals surface area contributed by atoms with E-state index >= 15 is 13.2 Å². The Morgan fingerprint density at radius 3 is 1.48 bits per heavy atom. The zero-order chi connectivity index (χ0) is 46.4. The second-order valence-electron chi connectivity index (χ2n) is 16.3. The summed E-state index contributed by atoms with van der Waals surface area (Å²) >= 11 is 0. The zero-order valence-corrected chi connectivity index (χ0v) is 34.8. The molecular weight excluding hydrogens is 862 g/mol. The maximum absolute atomic E-state index is 15.6. The van der Waals surface area contributed by atoms with E-state index in [9.17, 15) is 31.6 Å². The normalized spacial score (nSPS) is 12.5. The number of alkyl halides is 9. The van der Waals surface area contributed by atoms with Crippen molar-refractivity contribution < 1.29 is 39.5 Å². The molecule has 0 N–H and O–H groups in total. The molecule has 326 valence electrons. The van der Waals surface area contributed by atoms with E-state index in [2.05, 4.69) is 6.07 Å². The molecule has 10 aromatic rings. The summed E-state index contributed by atoms with van der Waals surface area (Å²) in [5.74, 6) is 0. The maximum Gasteiger partial charge on any atom is 0.417 e. The Morgan fingerprint density at radius 2 is 0.955 bits per heavy atom. The Morgan fingerprint density at radius 1 is 0.424 bits per heavy atom. The molecule has 2 heterocycles. The number of benzene rings is 8. The van der Waals surface area contributed by atoms with Crippen molar-refractivity contribution in [1.29, 1.82) is 5.26 Å². The second kappa shape index (κ2) is 15.2. The van der Waals surface area contributed by atoms with Gasteiger partial charge in [-0.1, -0.05) is 103 Å². The van der Waals surface area contributed by atoms with Crippen molar-refractivity contribution in [1.82, 2.24) is 9.13 Å². The number of aromatic nitrogens is 2. The van der Waals surface area contributed by atoms with Crippen LogP contribution in [0.5, 0.6) is 0 Å². The monoisotopic (exact) mass is 893 g/mol. The van der Waals surface area contributed by atoms with E-state index in [1.165, 1.54) is 18.2 Å². The highest BCUT2D eigenvalue weighted by Gasteiger charge is 2.39. The fourth-order valence-corrected chi connectivity index (χ4v) is 9.31. The molecule has 10 rings (SSSR count). The van der Waals surface area contributed by atoms with Crippen LogP contribution in [0.25, 0.3) is 88.4 Å². The number of rotatable bonds is 5. The van der Waals surface area contributed by atoms with Gasteiger partial charge in [0.05, 0.1) is 61.8 Å². The van der Waals surface area contributed by atoms with Crippen LogP contribution in [0.15, 0.2) is 158 Å². The van der Waals surface area contributed by atoms with Crippen LogP contribution in [0.2, 0.25) is 0 Å². The van der Waals surface area contributed by atoms with E-state index in [1.54, 1.807) is 63.7 Å². The van der Waals surface area contributed by atoms with Gasteiger partial charge in [-0.15, -0.1) is 0 Å². The first-order valence-corrected chi connectivity index (χ1v) is 20.6. The summed E-state index contributed by atoms with van der Waals surface area (Å²) in [5, 5.41) is 12.7. The van der Waals surface area contributed by atoms with Crippen LogP contribution in [0.1, 0.15) is 33.4 Å². The molecule has 0 aliphatic carbocycles. The van der Waals surface area contributed by atoms with E-state index in [0.717, 1.165) is 51.2 Å². The van der Waals surface area contributed by atoms with E-state index in [-0.39, 0.29) is 39.6 Å². The standard InChI is InChI=1S/C54H32F9N3/c1-30-14-18-38(31(2)22-30)33-15-19-42-40-10-3-5-12-45(40)65(47(42)24-33)49-27-37(53(58,59)60)28-50(51(49)35-9-7-8-32(23-35)29-64)66-46-13-6-4-11-41(46)43-20-16-34(25-48(43)66)39-21-17-36(52(55,56)57)26-44(39)54(61,62)63/h3-28H,1-2H3. The molecule has 3 nitrogen and oxygen atoms in total. The van der Waals surface area contributed by atoms with Gasteiger partial charge in [-0.05, 0) is 108 Å². The van der Waals surface area contributed by atoms with Crippen molar-refractivity contribution in [2.45, 2.75) is 32.4 Å². The Bertz CT molecular complexity index is 3650. The molecule has 0 radical (unpaired) electrons. The van der Waals surface area contributed by atoms with Crippen LogP contribution in [0.3, 0.4) is 0 Å². The lowest BCUT2D eigenvalue weighted by atomic mass is 9.95. The van der Waals surface area contributed by atoms with E-state index in [0.29, 0.717) is 39.0 Å². The van der Waals surface area contributed by atoms with Gasteiger partial charge in [-0.3, -0.25) is 0 Å². The molecule has 0 aliphatic heterocycles. The van der Waals surface area contributed by atoms with E-state index in [4.69, 9.17) is 0 Å². The minimum Gasteiger partial charge on any atom is -0.309 e. The number of aryl methyl sites for hydroxylation is 2. The van der Waals surface area contributed by atoms with Gasteiger partial charge < -0.3 is 9.13 Å². The van der Waals surface area contributed by atoms with E-state index in [1.807, 2.05) is 68.4 Å². The number of nitrogens with zero attached hydrogens (tertiary/aromatic N) is 3. The molecule has 0 saturated carbocycles. The fourth-order valence-electron chi connectivity index (χ4n) is 9.31. The van der Waals surface area contributed by atoms with Gasteiger partial charge in [-0.2, -0.15) is 44.8 Å². The molecule has 0 saturated heterocycles. The maximum atomic E-state index is 15.6. The first-order valence-electron chi connectivity index (χ1n) is 20.6. The number of nitriles is 1. The van der Waals surface area contributed by atoms with Crippen molar-refractivity contribution in [3.05, 3.63) is 191 Å². The van der Waals surface area contributed by atoms with Gasteiger partial charge in [0.1, 0.15) is 0 Å². The average molecular weight is 894 g/mol. The summed E-state index contributed by atoms with van der Waals surface area (Å²) in [6, 6.07) is 42.3. The lowest BCUT2D eigenvalue weighted by molar-refractivity contribution is -0.143. The molecule has 0 spiro atoms. The first-order chi connectivity index (χ1) is 31.4. The molecule has 0 unspecified atom stereocenters. The lowest BCUT2D eigenvalue weighted by Gasteiger charge is -2.23. The average Bonchev–Trinajstić information content (AvgIpc) is 3.79. The third kappa shape index (κ3) is 7.02. The molecular formula is C54H32F9N3. The third-order valence-electron chi connectivity index (χ3n) is 12.2. The summed E-state index contributed by atoms with van der Waals surface area (Å²) in [5.41, 5.74) is 1.77. The molecule has 0 atom stereocenters. The topological polar surface area (TPSA) is 33.6 Å². The number of hydrogen-bond acceptors (Lipinski definition) is 1. The highest BCUT2D eigenvalue weighted by molar-refractivity contribution is 6.13. The van der Waals surface area contributed by atoms with Crippen molar-refractivity contribution >= 4 is 43.6 Å².